The lowest BCUT2D eigenvalue weighted by atomic mass is 9.99. The van der Waals surface area contributed by atoms with Crippen molar-refractivity contribution in [1.29, 1.82) is 0 Å². The van der Waals surface area contributed by atoms with Gasteiger partial charge in [-0.05, 0) is 51.5 Å². The number of likely N-dealkylation sites (tertiary alicyclic amines) is 1. The molecule has 1 saturated heterocycles. The van der Waals surface area contributed by atoms with Crippen molar-refractivity contribution < 1.29 is 23.9 Å². The maximum atomic E-state index is 12.9. The van der Waals surface area contributed by atoms with Crippen molar-refractivity contribution in [2.45, 2.75) is 141 Å². The van der Waals surface area contributed by atoms with Crippen LogP contribution in [0.3, 0.4) is 0 Å². The molecule has 0 spiro atoms. The lowest BCUT2D eigenvalue weighted by molar-refractivity contribution is -0.0119. The minimum absolute atomic E-state index is 0.137. The molecule has 2 aliphatic rings. The second-order valence-electron chi connectivity index (χ2n) is 13.6. The van der Waals surface area contributed by atoms with Gasteiger partial charge in [-0.1, -0.05) is 127 Å². The molecule has 3 rings (SSSR count). The topological polar surface area (TPSA) is 76.2 Å². The number of carbonyl (C=O) groups excluding carboxylic acids is 3. The number of benzene rings is 1. The summed E-state index contributed by atoms with van der Waals surface area (Å²) in [6.45, 7) is 8.90. The molecule has 1 fully saturated rings. The summed E-state index contributed by atoms with van der Waals surface area (Å²) in [7, 11) is 0. The number of thiocarbonyl (C=S) groups is 1. The normalized spacial score (nSPS) is 17.8. The van der Waals surface area contributed by atoms with E-state index >= 15 is 0 Å². The zero-order chi connectivity index (χ0) is 32.7. The second-order valence-corrected chi connectivity index (χ2v) is 15.3. The molecule has 1 aromatic carbocycles. The van der Waals surface area contributed by atoms with Crippen LogP contribution in [0, 0.1) is 5.92 Å². The Labute approximate surface area is 281 Å². The van der Waals surface area contributed by atoms with Gasteiger partial charge in [0, 0.05) is 19.0 Å². The number of rotatable bonds is 20. The summed E-state index contributed by atoms with van der Waals surface area (Å²) < 4.78 is 11.9. The van der Waals surface area contributed by atoms with E-state index in [2.05, 4.69) is 6.92 Å². The highest BCUT2D eigenvalue weighted by atomic mass is 32.2. The van der Waals surface area contributed by atoms with E-state index in [4.69, 9.17) is 21.7 Å². The second kappa shape index (κ2) is 19.5. The number of nitrogens with zero attached hydrogens (tertiary/aromatic N) is 2. The van der Waals surface area contributed by atoms with Gasteiger partial charge < -0.3 is 9.47 Å². The third-order valence-electron chi connectivity index (χ3n) is 8.50. The van der Waals surface area contributed by atoms with Crippen molar-refractivity contribution in [2.75, 3.05) is 19.7 Å². The Hall–Kier alpha value is -2.13. The number of hydrogen-bond donors (Lipinski definition) is 0. The van der Waals surface area contributed by atoms with Crippen LogP contribution < -0.4 is 0 Å². The largest absolute Gasteiger partial charge is 0.479 e. The van der Waals surface area contributed by atoms with Crippen molar-refractivity contribution in [3.63, 3.8) is 0 Å². The van der Waals surface area contributed by atoms with Crippen LogP contribution in [0.5, 0.6) is 0 Å². The third kappa shape index (κ3) is 12.5. The van der Waals surface area contributed by atoms with Gasteiger partial charge in [0.05, 0.1) is 23.1 Å². The first-order valence-electron chi connectivity index (χ1n) is 17.4. The molecule has 2 heterocycles. The van der Waals surface area contributed by atoms with Gasteiger partial charge in [-0.15, -0.1) is 0 Å². The molecule has 0 unspecified atom stereocenters. The number of hydrogen-bond acceptors (Lipinski definition) is 7. The maximum absolute atomic E-state index is 12.9. The molecule has 0 aliphatic carbocycles. The van der Waals surface area contributed by atoms with E-state index < -0.39 is 11.7 Å². The van der Waals surface area contributed by atoms with Crippen molar-refractivity contribution in [3.05, 3.63) is 35.4 Å². The highest BCUT2D eigenvalue weighted by Crippen LogP contribution is 2.38. The monoisotopic (exact) mass is 660 g/mol. The molecule has 252 valence electrons. The summed E-state index contributed by atoms with van der Waals surface area (Å²) >= 11 is 6.84. The van der Waals surface area contributed by atoms with Crippen LogP contribution in [0.25, 0.3) is 0 Å². The summed E-state index contributed by atoms with van der Waals surface area (Å²) in [5, 5.41) is -0.373. The van der Waals surface area contributed by atoms with Crippen molar-refractivity contribution in [1.82, 2.24) is 9.80 Å². The molecule has 0 aromatic heterocycles. The van der Waals surface area contributed by atoms with Crippen molar-refractivity contribution >= 4 is 46.3 Å². The first-order valence-corrected chi connectivity index (χ1v) is 18.7. The molecule has 0 radical (unpaired) electrons. The molecule has 1 aromatic rings. The van der Waals surface area contributed by atoms with E-state index in [1.807, 2.05) is 20.8 Å². The van der Waals surface area contributed by atoms with Crippen LogP contribution in [0.1, 0.15) is 151 Å². The molecular formula is C36H56N2O5S2. The first kappa shape index (κ1) is 37.3. The van der Waals surface area contributed by atoms with E-state index in [9.17, 15) is 14.4 Å². The summed E-state index contributed by atoms with van der Waals surface area (Å²) in [5.74, 6) is -0.725. The van der Waals surface area contributed by atoms with Gasteiger partial charge >= 0.3 is 6.09 Å². The third-order valence-corrected chi connectivity index (χ3v) is 10.1. The maximum Gasteiger partial charge on any atom is 0.411 e. The van der Waals surface area contributed by atoms with Crippen LogP contribution >= 0.6 is 24.0 Å². The van der Waals surface area contributed by atoms with E-state index in [1.54, 1.807) is 29.2 Å². The van der Waals surface area contributed by atoms with Crippen LogP contribution in [0.4, 0.5) is 4.79 Å². The number of ether oxygens (including phenoxy) is 2. The molecule has 7 nitrogen and oxygen atoms in total. The van der Waals surface area contributed by atoms with Crippen LogP contribution in [0.2, 0.25) is 0 Å². The van der Waals surface area contributed by atoms with E-state index in [-0.39, 0.29) is 29.7 Å². The molecule has 2 aliphatic heterocycles. The van der Waals surface area contributed by atoms with Crippen molar-refractivity contribution in [3.8, 4) is 0 Å². The minimum Gasteiger partial charge on any atom is -0.479 e. The summed E-state index contributed by atoms with van der Waals surface area (Å²) in [5.41, 5.74) is 0.213. The number of imide groups is 1. The Morgan fingerprint density at radius 2 is 1.29 bits per heavy atom. The Morgan fingerprint density at radius 3 is 1.76 bits per heavy atom. The summed E-state index contributed by atoms with van der Waals surface area (Å²) in [6.07, 6.45) is 20.6. The quantitative estimate of drug-likeness (QED) is 0.0783. The molecule has 0 N–H and O–H groups in total. The van der Waals surface area contributed by atoms with Crippen molar-refractivity contribution in [2.24, 2.45) is 5.92 Å². The van der Waals surface area contributed by atoms with Gasteiger partial charge in [-0.2, -0.15) is 0 Å². The summed E-state index contributed by atoms with van der Waals surface area (Å²) in [6, 6.07) is 6.87. The number of carbonyl (C=O) groups is 3. The van der Waals surface area contributed by atoms with E-state index in [1.165, 1.54) is 107 Å². The Kier molecular flexibility index (Phi) is 16.2. The lowest BCUT2D eigenvalue weighted by Gasteiger charge is -2.47. The molecule has 0 bridgehead atoms. The number of unbranched alkanes of at least 4 members (excludes halogenated alkanes) is 15. The molecule has 0 saturated carbocycles. The van der Waals surface area contributed by atoms with Gasteiger partial charge in [-0.25, -0.2) is 4.79 Å². The first-order chi connectivity index (χ1) is 21.6. The average Bonchev–Trinajstić information content (AvgIpc) is 3.23. The number of amides is 3. The Morgan fingerprint density at radius 1 is 0.822 bits per heavy atom. The average molecular weight is 661 g/mol. The van der Waals surface area contributed by atoms with E-state index in [0.29, 0.717) is 28.7 Å². The molecule has 45 heavy (non-hydrogen) atoms. The fourth-order valence-electron chi connectivity index (χ4n) is 5.95. The molecule has 9 heteroatoms. The fourth-order valence-corrected chi connectivity index (χ4v) is 7.34. The predicted molar refractivity (Wildman–Crippen MR) is 188 cm³/mol. The van der Waals surface area contributed by atoms with Gasteiger partial charge in [0.2, 0.25) is 4.38 Å². The van der Waals surface area contributed by atoms with Gasteiger partial charge in [0.15, 0.2) is 0 Å². The zero-order valence-electron chi connectivity index (χ0n) is 28.2. The predicted octanol–water partition coefficient (Wildman–Crippen LogP) is 9.77. The Bertz CT molecular complexity index is 1070. The highest BCUT2D eigenvalue weighted by Gasteiger charge is 2.48. The van der Waals surface area contributed by atoms with Gasteiger partial charge in [-0.3, -0.25) is 19.4 Å². The standard InChI is InChI=1S/C36H56N2O5S2/c1-5-6-7-8-9-10-11-12-13-14-15-16-17-18-19-22-25-42-35(44)45-33-28(27-38(33)34(41)43-36(2,3)4)26-37-31(39)29-23-20-21-24-30(29)32(37)40/h20-21,23-24,28,33H,5-19,22,25-27H2,1-4H3/t28-,33+/m0/s1. The smallest absolute Gasteiger partial charge is 0.411 e. The number of thioether (sulfide) groups is 1. The van der Waals surface area contributed by atoms with Crippen LogP contribution in [-0.4, -0.2) is 62.8 Å². The van der Waals surface area contributed by atoms with Gasteiger partial charge in [0.25, 0.3) is 11.8 Å². The highest BCUT2D eigenvalue weighted by molar-refractivity contribution is 8.23. The van der Waals surface area contributed by atoms with E-state index in [0.717, 1.165) is 12.8 Å². The SMILES string of the molecule is CCCCCCCCCCCCCCCCCCOC(=S)S[C@@H]1[C@@H](CN2C(=O)c3ccccc3C2=O)CN1C(=O)OC(C)(C)C. The zero-order valence-corrected chi connectivity index (χ0v) is 29.8. The molecule has 2 atom stereocenters. The van der Waals surface area contributed by atoms with Crippen LogP contribution in [0.15, 0.2) is 24.3 Å². The van der Waals surface area contributed by atoms with Gasteiger partial charge in [0.1, 0.15) is 5.60 Å². The number of fused-ring (bicyclic) bond motifs is 1. The minimum atomic E-state index is -0.635. The fraction of sp³-hybridized carbons (Fsp3) is 0.722. The Balaban J connectivity index is 1.31. The molecular weight excluding hydrogens is 605 g/mol. The summed E-state index contributed by atoms with van der Waals surface area (Å²) in [4.78, 5) is 41.7. The molecule has 3 amide bonds. The van der Waals surface area contributed by atoms with Crippen LogP contribution in [-0.2, 0) is 9.47 Å². The lowest BCUT2D eigenvalue weighted by Crippen LogP contribution is -2.61.